The molecule has 6 nitrogen and oxygen atoms in total. The number of amides is 1. The molecule has 0 atom stereocenters. The number of hydrogen-bond acceptors (Lipinski definition) is 5. The standard InChI is InChI=1S/C14H20N4O2/c1-8(2)12-11-10(13(19)16-6-4-5-15)7-9(3)17-14(11)20-18-12/h7-8H,4-6,15H2,1-3H3,(H,16,19). The van der Waals surface area contributed by atoms with E-state index >= 15 is 0 Å². The molecule has 1 amide bonds. The Hall–Kier alpha value is -1.95. The van der Waals surface area contributed by atoms with Crippen molar-refractivity contribution in [2.75, 3.05) is 13.1 Å². The van der Waals surface area contributed by atoms with Gasteiger partial charge in [0.1, 0.15) is 0 Å². The Bertz CT molecular complexity index is 619. The van der Waals surface area contributed by atoms with Crippen molar-refractivity contribution in [1.29, 1.82) is 0 Å². The molecule has 0 unspecified atom stereocenters. The van der Waals surface area contributed by atoms with Crippen LogP contribution in [-0.2, 0) is 0 Å². The zero-order valence-corrected chi connectivity index (χ0v) is 12.1. The van der Waals surface area contributed by atoms with Gasteiger partial charge in [0.2, 0.25) is 0 Å². The van der Waals surface area contributed by atoms with Crippen LogP contribution in [0.3, 0.4) is 0 Å². The van der Waals surface area contributed by atoms with Crippen molar-refractivity contribution in [2.24, 2.45) is 5.73 Å². The van der Waals surface area contributed by atoms with E-state index in [2.05, 4.69) is 15.5 Å². The summed E-state index contributed by atoms with van der Waals surface area (Å²) < 4.78 is 5.25. The summed E-state index contributed by atoms with van der Waals surface area (Å²) in [6, 6.07) is 1.77. The van der Waals surface area contributed by atoms with Gasteiger partial charge in [-0.05, 0) is 31.9 Å². The first kappa shape index (κ1) is 14.5. The lowest BCUT2D eigenvalue weighted by Gasteiger charge is -2.07. The third-order valence-corrected chi connectivity index (χ3v) is 3.06. The third kappa shape index (κ3) is 2.80. The molecule has 2 aromatic heterocycles. The summed E-state index contributed by atoms with van der Waals surface area (Å²) >= 11 is 0. The first-order valence-corrected chi connectivity index (χ1v) is 6.79. The van der Waals surface area contributed by atoms with Crippen molar-refractivity contribution in [2.45, 2.75) is 33.1 Å². The largest absolute Gasteiger partial charge is 0.352 e. The molecule has 2 heterocycles. The van der Waals surface area contributed by atoms with Gasteiger partial charge >= 0.3 is 0 Å². The number of carbonyl (C=O) groups is 1. The molecule has 2 aromatic rings. The minimum absolute atomic E-state index is 0.140. The number of nitrogens with two attached hydrogens (primary N) is 1. The predicted octanol–water partition coefficient (Wildman–Crippen LogP) is 1.73. The van der Waals surface area contributed by atoms with E-state index in [1.54, 1.807) is 6.07 Å². The van der Waals surface area contributed by atoms with Gasteiger partial charge in [-0.2, -0.15) is 0 Å². The maximum Gasteiger partial charge on any atom is 0.259 e. The van der Waals surface area contributed by atoms with E-state index in [1.165, 1.54) is 0 Å². The van der Waals surface area contributed by atoms with E-state index in [4.69, 9.17) is 10.3 Å². The van der Waals surface area contributed by atoms with Crippen LogP contribution in [0.25, 0.3) is 11.1 Å². The smallest absolute Gasteiger partial charge is 0.259 e. The number of rotatable bonds is 5. The van der Waals surface area contributed by atoms with Crippen LogP contribution in [0.1, 0.15) is 47.9 Å². The van der Waals surface area contributed by atoms with Gasteiger partial charge in [-0.1, -0.05) is 19.0 Å². The van der Waals surface area contributed by atoms with E-state index < -0.39 is 0 Å². The van der Waals surface area contributed by atoms with Crippen molar-refractivity contribution in [3.63, 3.8) is 0 Å². The predicted molar refractivity (Wildman–Crippen MR) is 76.6 cm³/mol. The summed E-state index contributed by atoms with van der Waals surface area (Å²) in [5, 5.41) is 7.60. The SMILES string of the molecule is Cc1cc(C(=O)NCCCN)c2c(C(C)C)noc2n1. The summed E-state index contributed by atoms with van der Waals surface area (Å²) in [6.45, 7) is 6.95. The molecule has 0 aliphatic rings. The van der Waals surface area contributed by atoms with Crippen LogP contribution < -0.4 is 11.1 Å². The Morgan fingerprint density at radius 1 is 1.50 bits per heavy atom. The normalized spacial score (nSPS) is 11.2. The quantitative estimate of drug-likeness (QED) is 0.811. The highest BCUT2D eigenvalue weighted by Gasteiger charge is 2.20. The number of nitrogens with one attached hydrogen (secondary N) is 1. The van der Waals surface area contributed by atoms with Gasteiger partial charge in [0, 0.05) is 12.2 Å². The minimum Gasteiger partial charge on any atom is -0.352 e. The lowest BCUT2D eigenvalue weighted by Crippen LogP contribution is -2.26. The van der Waals surface area contributed by atoms with Crippen LogP contribution in [0.5, 0.6) is 0 Å². The van der Waals surface area contributed by atoms with Gasteiger partial charge in [-0.15, -0.1) is 0 Å². The first-order chi connectivity index (χ1) is 9.54. The Morgan fingerprint density at radius 2 is 2.25 bits per heavy atom. The Balaban J connectivity index is 2.44. The summed E-state index contributed by atoms with van der Waals surface area (Å²) in [7, 11) is 0. The van der Waals surface area contributed by atoms with Crippen molar-refractivity contribution in [3.8, 4) is 0 Å². The zero-order chi connectivity index (χ0) is 14.7. The molecule has 0 saturated heterocycles. The van der Waals surface area contributed by atoms with Crippen molar-refractivity contribution in [1.82, 2.24) is 15.5 Å². The van der Waals surface area contributed by atoms with Crippen molar-refractivity contribution in [3.05, 3.63) is 23.0 Å². The van der Waals surface area contributed by atoms with Crippen LogP contribution in [0, 0.1) is 6.92 Å². The van der Waals surface area contributed by atoms with E-state index in [1.807, 2.05) is 20.8 Å². The Morgan fingerprint density at radius 3 is 2.90 bits per heavy atom. The second-order valence-corrected chi connectivity index (χ2v) is 5.11. The molecular formula is C14H20N4O2. The van der Waals surface area contributed by atoms with Gasteiger partial charge in [0.25, 0.3) is 11.6 Å². The lowest BCUT2D eigenvalue weighted by molar-refractivity contribution is 0.0955. The first-order valence-electron chi connectivity index (χ1n) is 6.79. The van der Waals surface area contributed by atoms with Crippen LogP contribution in [0.15, 0.2) is 10.6 Å². The fourth-order valence-electron chi connectivity index (χ4n) is 2.07. The van der Waals surface area contributed by atoms with Crippen LogP contribution in [0.4, 0.5) is 0 Å². The third-order valence-electron chi connectivity index (χ3n) is 3.06. The van der Waals surface area contributed by atoms with Gasteiger partial charge in [0.05, 0.1) is 16.6 Å². The maximum atomic E-state index is 12.3. The van der Waals surface area contributed by atoms with E-state index in [0.29, 0.717) is 29.8 Å². The van der Waals surface area contributed by atoms with Gasteiger partial charge < -0.3 is 15.6 Å². The molecule has 20 heavy (non-hydrogen) atoms. The molecule has 0 spiro atoms. The molecule has 6 heteroatoms. The van der Waals surface area contributed by atoms with E-state index in [-0.39, 0.29) is 11.8 Å². The average Bonchev–Trinajstić information content (AvgIpc) is 2.81. The van der Waals surface area contributed by atoms with E-state index in [9.17, 15) is 4.79 Å². The highest BCUT2D eigenvalue weighted by molar-refractivity contribution is 6.06. The summed E-state index contributed by atoms with van der Waals surface area (Å²) in [5.74, 6) is 0.0235. The molecule has 108 valence electrons. The molecule has 0 aliphatic heterocycles. The lowest BCUT2D eigenvalue weighted by atomic mass is 10.0. The number of aryl methyl sites for hydroxylation is 1. The number of pyridine rings is 1. The minimum atomic E-state index is -0.140. The Kier molecular flexibility index (Phi) is 4.34. The van der Waals surface area contributed by atoms with Crippen molar-refractivity contribution >= 4 is 17.0 Å². The Labute approximate surface area is 117 Å². The van der Waals surface area contributed by atoms with Gasteiger partial charge in [-0.25, -0.2) is 4.98 Å². The fraction of sp³-hybridized carbons (Fsp3) is 0.500. The van der Waals surface area contributed by atoms with Crippen LogP contribution in [-0.4, -0.2) is 29.1 Å². The van der Waals surface area contributed by atoms with E-state index in [0.717, 1.165) is 17.8 Å². The molecule has 0 aromatic carbocycles. The molecule has 0 bridgehead atoms. The topological polar surface area (TPSA) is 94.0 Å². The number of nitrogens with zero attached hydrogens (tertiary/aromatic N) is 2. The summed E-state index contributed by atoms with van der Waals surface area (Å²) in [6.07, 6.45) is 0.750. The second kappa shape index (κ2) is 6.00. The molecule has 0 aliphatic carbocycles. The molecule has 0 radical (unpaired) electrons. The number of aromatic nitrogens is 2. The maximum absolute atomic E-state index is 12.3. The monoisotopic (exact) mass is 276 g/mol. The summed E-state index contributed by atoms with van der Waals surface area (Å²) in [5.41, 5.74) is 7.90. The second-order valence-electron chi connectivity index (χ2n) is 5.11. The molecule has 2 rings (SSSR count). The van der Waals surface area contributed by atoms with Gasteiger partial charge in [-0.3, -0.25) is 4.79 Å². The van der Waals surface area contributed by atoms with Crippen LogP contribution in [0.2, 0.25) is 0 Å². The molecule has 3 N–H and O–H groups in total. The number of carbonyl (C=O) groups excluding carboxylic acids is 1. The zero-order valence-electron chi connectivity index (χ0n) is 12.1. The summed E-state index contributed by atoms with van der Waals surface area (Å²) in [4.78, 5) is 16.6. The van der Waals surface area contributed by atoms with Crippen molar-refractivity contribution < 1.29 is 9.32 Å². The number of fused-ring (bicyclic) bond motifs is 1. The number of hydrogen-bond donors (Lipinski definition) is 2. The molecule has 0 fully saturated rings. The highest BCUT2D eigenvalue weighted by atomic mass is 16.5. The average molecular weight is 276 g/mol. The fourth-order valence-corrected chi connectivity index (χ4v) is 2.07. The highest BCUT2D eigenvalue weighted by Crippen LogP contribution is 2.27. The molecular weight excluding hydrogens is 256 g/mol. The van der Waals surface area contributed by atoms with Gasteiger partial charge in [0.15, 0.2) is 0 Å². The molecule has 0 saturated carbocycles. The van der Waals surface area contributed by atoms with Crippen LogP contribution >= 0.6 is 0 Å².